The fourth-order valence-electron chi connectivity index (χ4n) is 1.73. The van der Waals surface area contributed by atoms with Gasteiger partial charge in [0.05, 0.1) is 11.2 Å². The molecule has 2 heteroatoms. The fourth-order valence-corrected chi connectivity index (χ4v) is 1.73. The first-order valence-electron chi connectivity index (χ1n) is 4.37. The van der Waals surface area contributed by atoms with Gasteiger partial charge < -0.3 is 4.84 Å². The smallest absolute Gasteiger partial charge is 0.104 e. The van der Waals surface area contributed by atoms with Gasteiger partial charge in [-0.3, -0.25) is 0 Å². The number of hydrogen-bond donors (Lipinski definition) is 0. The molecule has 0 atom stereocenters. The highest BCUT2D eigenvalue weighted by atomic mass is 16.6. The maximum Gasteiger partial charge on any atom is 0.104 e. The van der Waals surface area contributed by atoms with Crippen LogP contribution in [0.15, 0.2) is 24.3 Å². The third kappa shape index (κ3) is 1.02. The van der Waals surface area contributed by atoms with E-state index >= 15 is 0 Å². The van der Waals surface area contributed by atoms with E-state index in [4.69, 9.17) is 4.84 Å². The summed E-state index contributed by atoms with van der Waals surface area (Å²) in [5, 5.41) is 1.27. The minimum absolute atomic E-state index is 1.14. The summed E-state index contributed by atoms with van der Waals surface area (Å²) >= 11 is 0. The fraction of sp³-hybridized carbons (Fsp3) is 0.273. The van der Waals surface area contributed by atoms with Gasteiger partial charge in [0.1, 0.15) is 7.11 Å². The van der Waals surface area contributed by atoms with Crippen LogP contribution >= 0.6 is 0 Å². The lowest BCUT2D eigenvalue weighted by Gasteiger charge is -2.04. The Bertz CT molecular complexity index is 443. The van der Waals surface area contributed by atoms with Gasteiger partial charge in [-0.25, -0.2) is 0 Å². The van der Waals surface area contributed by atoms with Crippen LogP contribution in [0.4, 0.5) is 0 Å². The average molecular weight is 175 g/mol. The van der Waals surface area contributed by atoms with E-state index in [-0.39, 0.29) is 0 Å². The summed E-state index contributed by atoms with van der Waals surface area (Å²) in [5.74, 6) is 0. The van der Waals surface area contributed by atoms with Crippen molar-refractivity contribution in [1.82, 2.24) is 4.73 Å². The Morgan fingerprint density at radius 1 is 1.15 bits per heavy atom. The van der Waals surface area contributed by atoms with Crippen LogP contribution in [0, 0.1) is 13.8 Å². The van der Waals surface area contributed by atoms with Crippen molar-refractivity contribution in [3.05, 3.63) is 35.5 Å². The van der Waals surface area contributed by atoms with E-state index in [0.717, 1.165) is 5.52 Å². The molecule has 1 aromatic heterocycles. The van der Waals surface area contributed by atoms with Crippen LogP contribution in [0.1, 0.15) is 11.3 Å². The number of hydrogen-bond acceptors (Lipinski definition) is 1. The molecule has 0 unspecified atom stereocenters. The predicted molar refractivity (Wildman–Crippen MR) is 53.9 cm³/mol. The second-order valence-corrected chi connectivity index (χ2v) is 3.20. The molecule has 0 saturated heterocycles. The minimum atomic E-state index is 1.14. The Morgan fingerprint density at radius 3 is 2.54 bits per heavy atom. The molecule has 0 N–H and O–H groups in total. The zero-order valence-corrected chi connectivity index (χ0v) is 8.16. The summed E-state index contributed by atoms with van der Waals surface area (Å²) < 4.78 is 1.87. The molecule has 0 amide bonds. The molecule has 0 radical (unpaired) electrons. The average Bonchev–Trinajstić information content (AvgIpc) is 2.41. The van der Waals surface area contributed by atoms with E-state index in [1.54, 1.807) is 7.11 Å². The van der Waals surface area contributed by atoms with Gasteiger partial charge in [0.15, 0.2) is 0 Å². The van der Waals surface area contributed by atoms with Gasteiger partial charge in [0, 0.05) is 5.39 Å². The Morgan fingerprint density at radius 2 is 1.85 bits per heavy atom. The molecule has 2 rings (SSSR count). The number of nitrogens with zero attached hydrogens (tertiary/aromatic N) is 1. The molecule has 0 aliphatic rings. The van der Waals surface area contributed by atoms with Crippen molar-refractivity contribution in [1.29, 1.82) is 0 Å². The Balaban J connectivity index is 2.90. The van der Waals surface area contributed by atoms with Crippen molar-refractivity contribution < 1.29 is 4.84 Å². The second-order valence-electron chi connectivity index (χ2n) is 3.20. The van der Waals surface area contributed by atoms with Crippen molar-refractivity contribution in [2.45, 2.75) is 13.8 Å². The zero-order chi connectivity index (χ0) is 9.42. The second kappa shape index (κ2) is 2.80. The van der Waals surface area contributed by atoms with Crippen LogP contribution < -0.4 is 4.84 Å². The Labute approximate surface area is 77.7 Å². The first kappa shape index (κ1) is 8.17. The summed E-state index contributed by atoms with van der Waals surface area (Å²) in [5.41, 5.74) is 3.60. The molecular formula is C11H13NO. The van der Waals surface area contributed by atoms with Crippen molar-refractivity contribution in [2.75, 3.05) is 7.11 Å². The number of benzene rings is 1. The van der Waals surface area contributed by atoms with Crippen LogP contribution in [0.3, 0.4) is 0 Å². The molecule has 0 aliphatic heterocycles. The summed E-state index contributed by atoms with van der Waals surface area (Å²) in [7, 11) is 1.69. The molecule has 0 bridgehead atoms. The van der Waals surface area contributed by atoms with Crippen LogP contribution in [0.5, 0.6) is 0 Å². The highest BCUT2D eigenvalue weighted by Gasteiger charge is 2.09. The van der Waals surface area contributed by atoms with Crippen LogP contribution in [-0.4, -0.2) is 11.8 Å². The monoisotopic (exact) mass is 175 g/mol. The number of aromatic nitrogens is 1. The van der Waals surface area contributed by atoms with E-state index in [1.165, 1.54) is 16.6 Å². The van der Waals surface area contributed by atoms with Gasteiger partial charge in [-0.05, 0) is 25.5 Å². The molecule has 2 nitrogen and oxygen atoms in total. The molecule has 13 heavy (non-hydrogen) atoms. The first-order chi connectivity index (χ1) is 6.25. The third-order valence-corrected chi connectivity index (χ3v) is 2.56. The molecule has 0 fully saturated rings. The zero-order valence-electron chi connectivity index (χ0n) is 8.16. The third-order valence-electron chi connectivity index (χ3n) is 2.56. The molecule has 2 aromatic rings. The maximum atomic E-state index is 5.30. The van der Waals surface area contributed by atoms with E-state index < -0.39 is 0 Å². The SMILES string of the molecule is COn1c(C)c(C)c2ccccc21. The Hall–Kier alpha value is -1.44. The molecule has 1 aromatic carbocycles. The van der Waals surface area contributed by atoms with Crippen molar-refractivity contribution in [2.24, 2.45) is 0 Å². The molecule has 0 saturated carbocycles. The van der Waals surface area contributed by atoms with E-state index in [9.17, 15) is 0 Å². The van der Waals surface area contributed by atoms with Gasteiger partial charge in [0.25, 0.3) is 0 Å². The summed E-state index contributed by atoms with van der Waals surface area (Å²) in [6, 6.07) is 8.26. The highest BCUT2D eigenvalue weighted by Crippen LogP contribution is 2.23. The number of para-hydroxylation sites is 1. The van der Waals surface area contributed by atoms with Crippen molar-refractivity contribution >= 4 is 10.9 Å². The van der Waals surface area contributed by atoms with Gasteiger partial charge in [-0.2, -0.15) is 4.73 Å². The van der Waals surface area contributed by atoms with Gasteiger partial charge in [-0.1, -0.05) is 18.2 Å². The Kier molecular flexibility index (Phi) is 1.76. The first-order valence-corrected chi connectivity index (χ1v) is 4.37. The van der Waals surface area contributed by atoms with Gasteiger partial charge in [-0.15, -0.1) is 0 Å². The van der Waals surface area contributed by atoms with E-state index in [0.29, 0.717) is 0 Å². The normalized spacial score (nSPS) is 10.7. The van der Waals surface area contributed by atoms with Crippen LogP contribution in [-0.2, 0) is 0 Å². The quantitative estimate of drug-likeness (QED) is 0.648. The molecule has 68 valence electrons. The van der Waals surface area contributed by atoms with Crippen molar-refractivity contribution in [3.63, 3.8) is 0 Å². The highest BCUT2D eigenvalue weighted by molar-refractivity contribution is 5.84. The van der Waals surface area contributed by atoms with E-state index in [1.807, 2.05) is 10.8 Å². The maximum absolute atomic E-state index is 5.30. The lowest BCUT2D eigenvalue weighted by atomic mass is 10.2. The number of fused-ring (bicyclic) bond motifs is 1. The molecular weight excluding hydrogens is 162 g/mol. The largest absolute Gasteiger partial charge is 0.417 e. The standard InChI is InChI=1S/C11H13NO/c1-8-9(2)12(13-3)11-7-5-4-6-10(8)11/h4-7H,1-3H3. The van der Waals surface area contributed by atoms with Crippen molar-refractivity contribution in [3.8, 4) is 0 Å². The molecule has 0 aliphatic carbocycles. The van der Waals surface area contributed by atoms with Crippen LogP contribution in [0.2, 0.25) is 0 Å². The van der Waals surface area contributed by atoms with Gasteiger partial charge in [0.2, 0.25) is 0 Å². The van der Waals surface area contributed by atoms with E-state index in [2.05, 4.69) is 32.0 Å². The van der Waals surface area contributed by atoms with Gasteiger partial charge >= 0.3 is 0 Å². The summed E-state index contributed by atoms with van der Waals surface area (Å²) in [4.78, 5) is 5.30. The summed E-state index contributed by atoms with van der Waals surface area (Å²) in [6.07, 6.45) is 0. The lowest BCUT2D eigenvalue weighted by Crippen LogP contribution is -2.06. The number of rotatable bonds is 1. The number of aryl methyl sites for hydroxylation is 1. The summed E-state index contributed by atoms with van der Waals surface area (Å²) in [6.45, 7) is 4.19. The molecule has 1 heterocycles. The minimum Gasteiger partial charge on any atom is -0.417 e. The van der Waals surface area contributed by atoms with Crippen LogP contribution in [0.25, 0.3) is 10.9 Å². The lowest BCUT2D eigenvalue weighted by molar-refractivity contribution is 0.173. The predicted octanol–water partition coefficient (Wildman–Crippen LogP) is 2.32. The topological polar surface area (TPSA) is 14.2 Å². The molecule has 0 spiro atoms.